The molecular weight excluding hydrogens is 266 g/mol. The van der Waals surface area contributed by atoms with Crippen LogP contribution in [0.4, 0.5) is 8.78 Å². The highest BCUT2D eigenvalue weighted by Gasteiger charge is 2.16. The second-order valence-electron chi connectivity index (χ2n) is 4.24. The average molecular weight is 280 g/mol. The number of aliphatic hydroxyl groups excluding tert-OH is 1. The normalized spacial score (nSPS) is 12.4. The third-order valence-corrected chi connectivity index (χ3v) is 4.08. The van der Waals surface area contributed by atoms with Gasteiger partial charge in [-0.15, -0.1) is 11.8 Å². The highest BCUT2D eigenvalue weighted by Crippen LogP contribution is 2.28. The molecule has 19 heavy (non-hydrogen) atoms. The summed E-state index contributed by atoms with van der Waals surface area (Å²) in [4.78, 5) is 1.03. The van der Waals surface area contributed by atoms with Crippen LogP contribution in [0.5, 0.6) is 0 Å². The van der Waals surface area contributed by atoms with Gasteiger partial charge in [0.25, 0.3) is 0 Å². The number of hydrogen-bond acceptors (Lipinski definition) is 2. The molecule has 0 spiro atoms. The van der Waals surface area contributed by atoms with Crippen molar-refractivity contribution in [2.24, 2.45) is 0 Å². The van der Waals surface area contributed by atoms with E-state index in [0.717, 1.165) is 16.5 Å². The summed E-state index contributed by atoms with van der Waals surface area (Å²) in [5.74, 6) is -1.62. The SMILES string of the molecule is Cc1ccccc1SCC(O)c1cccc(F)c1F. The maximum absolute atomic E-state index is 13.5. The molecule has 2 rings (SSSR count). The van der Waals surface area contributed by atoms with E-state index in [9.17, 15) is 13.9 Å². The number of aryl methyl sites for hydroxylation is 1. The number of hydrogen-bond donors (Lipinski definition) is 1. The second-order valence-corrected chi connectivity index (χ2v) is 5.30. The van der Waals surface area contributed by atoms with Gasteiger partial charge in [0.2, 0.25) is 0 Å². The van der Waals surface area contributed by atoms with Gasteiger partial charge in [0.1, 0.15) is 0 Å². The number of rotatable bonds is 4. The van der Waals surface area contributed by atoms with E-state index >= 15 is 0 Å². The van der Waals surface area contributed by atoms with Crippen molar-refractivity contribution in [3.63, 3.8) is 0 Å². The molecule has 0 bridgehead atoms. The molecule has 4 heteroatoms. The first-order valence-corrected chi connectivity index (χ1v) is 6.88. The minimum absolute atomic E-state index is 0.00100. The van der Waals surface area contributed by atoms with Crippen molar-refractivity contribution in [2.45, 2.75) is 17.9 Å². The molecule has 1 N–H and O–H groups in total. The molecule has 1 atom stereocenters. The van der Waals surface area contributed by atoms with Crippen LogP contribution >= 0.6 is 11.8 Å². The lowest BCUT2D eigenvalue weighted by Crippen LogP contribution is -2.05. The molecule has 0 saturated heterocycles. The molecule has 0 fully saturated rings. The fourth-order valence-corrected chi connectivity index (χ4v) is 2.74. The van der Waals surface area contributed by atoms with Crippen molar-refractivity contribution in [2.75, 3.05) is 5.75 Å². The average Bonchev–Trinajstić information content (AvgIpc) is 2.40. The summed E-state index contributed by atoms with van der Waals surface area (Å²) in [6.45, 7) is 1.97. The topological polar surface area (TPSA) is 20.2 Å². The van der Waals surface area contributed by atoms with Crippen LogP contribution in [0.15, 0.2) is 47.4 Å². The van der Waals surface area contributed by atoms with Gasteiger partial charge in [-0.3, -0.25) is 0 Å². The summed E-state index contributed by atoms with van der Waals surface area (Å²) in [6.07, 6.45) is -1.03. The van der Waals surface area contributed by atoms with E-state index < -0.39 is 17.7 Å². The summed E-state index contributed by atoms with van der Waals surface area (Å²) in [7, 11) is 0. The Bertz CT molecular complexity index is 572. The standard InChI is InChI=1S/C15H14F2OS/c1-10-5-2-3-8-14(10)19-9-13(18)11-6-4-7-12(16)15(11)17/h2-8,13,18H,9H2,1H3. The summed E-state index contributed by atoms with van der Waals surface area (Å²) < 4.78 is 26.6. The molecule has 0 amide bonds. The van der Waals surface area contributed by atoms with E-state index in [4.69, 9.17) is 0 Å². The third-order valence-electron chi connectivity index (χ3n) is 2.83. The molecule has 100 valence electrons. The lowest BCUT2D eigenvalue weighted by Gasteiger charge is -2.12. The van der Waals surface area contributed by atoms with Gasteiger partial charge in [-0.05, 0) is 24.6 Å². The zero-order chi connectivity index (χ0) is 13.8. The number of thioether (sulfide) groups is 1. The minimum atomic E-state index is -1.03. The maximum atomic E-state index is 13.5. The van der Waals surface area contributed by atoms with Gasteiger partial charge in [0, 0.05) is 16.2 Å². The van der Waals surface area contributed by atoms with Crippen LogP contribution in [0.1, 0.15) is 17.2 Å². The molecule has 0 radical (unpaired) electrons. The van der Waals surface area contributed by atoms with Crippen molar-refractivity contribution in [1.82, 2.24) is 0 Å². The predicted molar refractivity (Wildman–Crippen MR) is 73.2 cm³/mol. The van der Waals surface area contributed by atoms with Crippen LogP contribution in [0.25, 0.3) is 0 Å². The molecule has 0 aliphatic rings. The number of halogens is 2. The number of benzene rings is 2. The van der Waals surface area contributed by atoms with Crippen molar-refractivity contribution in [1.29, 1.82) is 0 Å². The first kappa shape index (κ1) is 14.0. The zero-order valence-corrected chi connectivity index (χ0v) is 11.3. The Labute approximate surface area is 115 Å². The molecule has 0 saturated carbocycles. The zero-order valence-electron chi connectivity index (χ0n) is 10.4. The van der Waals surface area contributed by atoms with Gasteiger partial charge in [0.05, 0.1) is 6.10 Å². The molecule has 0 aromatic heterocycles. The summed E-state index contributed by atoms with van der Waals surface area (Å²) in [5, 5.41) is 9.95. The Morgan fingerprint density at radius 2 is 1.84 bits per heavy atom. The fraction of sp³-hybridized carbons (Fsp3) is 0.200. The number of aliphatic hydroxyl groups is 1. The van der Waals surface area contributed by atoms with E-state index in [1.807, 2.05) is 31.2 Å². The minimum Gasteiger partial charge on any atom is -0.387 e. The van der Waals surface area contributed by atoms with E-state index in [1.54, 1.807) is 0 Å². The van der Waals surface area contributed by atoms with Crippen LogP contribution in [0.2, 0.25) is 0 Å². The Kier molecular flexibility index (Phi) is 4.56. The first-order valence-electron chi connectivity index (χ1n) is 5.90. The van der Waals surface area contributed by atoms with Gasteiger partial charge < -0.3 is 5.11 Å². The van der Waals surface area contributed by atoms with Gasteiger partial charge in [0.15, 0.2) is 11.6 Å². The van der Waals surface area contributed by atoms with Crippen molar-refractivity contribution < 1.29 is 13.9 Å². The highest BCUT2D eigenvalue weighted by molar-refractivity contribution is 7.99. The van der Waals surface area contributed by atoms with Crippen molar-refractivity contribution >= 4 is 11.8 Å². The molecule has 1 unspecified atom stereocenters. The van der Waals surface area contributed by atoms with E-state index in [0.29, 0.717) is 0 Å². The van der Waals surface area contributed by atoms with Crippen molar-refractivity contribution in [3.8, 4) is 0 Å². The molecule has 0 heterocycles. The molecule has 0 aliphatic heterocycles. The Morgan fingerprint density at radius 1 is 1.11 bits per heavy atom. The van der Waals surface area contributed by atoms with Crippen LogP contribution < -0.4 is 0 Å². The van der Waals surface area contributed by atoms with E-state index in [-0.39, 0.29) is 11.3 Å². The lowest BCUT2D eigenvalue weighted by atomic mass is 10.1. The molecular formula is C15H14F2OS. The monoisotopic (exact) mass is 280 g/mol. The molecule has 1 nitrogen and oxygen atoms in total. The van der Waals surface area contributed by atoms with E-state index in [1.165, 1.54) is 23.9 Å². The Balaban J connectivity index is 2.08. The van der Waals surface area contributed by atoms with Gasteiger partial charge in [-0.25, -0.2) is 8.78 Å². The van der Waals surface area contributed by atoms with E-state index in [2.05, 4.69) is 0 Å². The van der Waals surface area contributed by atoms with Crippen LogP contribution in [0, 0.1) is 18.6 Å². The molecule has 2 aromatic rings. The van der Waals surface area contributed by atoms with Gasteiger partial charge in [-0.2, -0.15) is 0 Å². The third kappa shape index (κ3) is 3.33. The fourth-order valence-electron chi connectivity index (χ4n) is 1.75. The maximum Gasteiger partial charge on any atom is 0.164 e. The molecule has 0 aliphatic carbocycles. The largest absolute Gasteiger partial charge is 0.387 e. The van der Waals surface area contributed by atoms with Gasteiger partial charge >= 0.3 is 0 Å². The van der Waals surface area contributed by atoms with Crippen LogP contribution in [-0.2, 0) is 0 Å². The van der Waals surface area contributed by atoms with Gasteiger partial charge in [-0.1, -0.05) is 30.3 Å². The second kappa shape index (κ2) is 6.17. The highest BCUT2D eigenvalue weighted by atomic mass is 32.2. The summed E-state index contributed by atoms with van der Waals surface area (Å²) in [5.41, 5.74) is 1.10. The lowest BCUT2D eigenvalue weighted by molar-refractivity contribution is 0.197. The van der Waals surface area contributed by atoms with Crippen LogP contribution in [0.3, 0.4) is 0 Å². The first-order chi connectivity index (χ1) is 9.09. The molecule has 2 aromatic carbocycles. The summed E-state index contributed by atoms with van der Waals surface area (Å²) in [6, 6.07) is 11.6. The Hall–Kier alpha value is -1.39. The quantitative estimate of drug-likeness (QED) is 0.851. The Morgan fingerprint density at radius 3 is 2.58 bits per heavy atom. The predicted octanol–water partition coefficient (Wildman–Crippen LogP) is 4.10. The smallest absolute Gasteiger partial charge is 0.164 e. The summed E-state index contributed by atoms with van der Waals surface area (Å²) >= 11 is 1.43. The van der Waals surface area contributed by atoms with Crippen molar-refractivity contribution in [3.05, 3.63) is 65.2 Å². The van der Waals surface area contributed by atoms with Crippen LogP contribution in [-0.4, -0.2) is 10.9 Å².